The Morgan fingerprint density at radius 2 is 1.59 bits per heavy atom. The van der Waals surface area contributed by atoms with Crippen LogP contribution in [0.25, 0.3) is 0 Å². The average molecular weight is 301 g/mol. The molecule has 0 atom stereocenters. The van der Waals surface area contributed by atoms with Crippen molar-refractivity contribution in [3.8, 4) is 0 Å². The molecule has 6 nitrogen and oxygen atoms in total. The van der Waals surface area contributed by atoms with E-state index in [-0.39, 0.29) is 17.7 Å². The van der Waals surface area contributed by atoms with E-state index in [4.69, 9.17) is 0 Å². The van der Waals surface area contributed by atoms with Gasteiger partial charge in [0.05, 0.1) is 17.7 Å². The van der Waals surface area contributed by atoms with Crippen molar-refractivity contribution in [2.75, 3.05) is 39.8 Å². The van der Waals surface area contributed by atoms with Crippen molar-refractivity contribution in [2.45, 2.75) is 6.42 Å². The molecule has 6 heteroatoms. The van der Waals surface area contributed by atoms with E-state index in [1.54, 1.807) is 36.2 Å². The van der Waals surface area contributed by atoms with Gasteiger partial charge in [-0.2, -0.15) is 0 Å². The summed E-state index contributed by atoms with van der Waals surface area (Å²) in [6.45, 7) is 3.09. The fourth-order valence-electron chi connectivity index (χ4n) is 2.89. The van der Waals surface area contributed by atoms with Crippen LogP contribution in [0.15, 0.2) is 24.3 Å². The molecule has 1 saturated heterocycles. The smallest absolute Gasteiger partial charge is 0.261 e. The number of carbonyl (C=O) groups excluding carboxylic acids is 3. The van der Waals surface area contributed by atoms with Crippen LogP contribution < -0.4 is 0 Å². The van der Waals surface area contributed by atoms with E-state index in [0.717, 1.165) is 13.1 Å². The van der Waals surface area contributed by atoms with Gasteiger partial charge in [0, 0.05) is 33.2 Å². The van der Waals surface area contributed by atoms with Gasteiger partial charge >= 0.3 is 0 Å². The third-order valence-corrected chi connectivity index (χ3v) is 4.27. The zero-order chi connectivity index (χ0) is 15.7. The zero-order valence-electron chi connectivity index (χ0n) is 12.6. The summed E-state index contributed by atoms with van der Waals surface area (Å²) in [6.07, 6.45) is 0.683. The van der Waals surface area contributed by atoms with Gasteiger partial charge in [0.1, 0.15) is 0 Å². The molecule has 0 saturated carbocycles. The summed E-state index contributed by atoms with van der Waals surface area (Å²) in [5.74, 6) is -0.308. The summed E-state index contributed by atoms with van der Waals surface area (Å²) >= 11 is 0. The van der Waals surface area contributed by atoms with Crippen LogP contribution in [-0.4, -0.2) is 72.2 Å². The van der Waals surface area contributed by atoms with Gasteiger partial charge in [-0.3, -0.25) is 24.2 Å². The van der Waals surface area contributed by atoms with Gasteiger partial charge in [-0.05, 0) is 18.6 Å². The van der Waals surface area contributed by atoms with Gasteiger partial charge in [-0.15, -0.1) is 0 Å². The minimum Gasteiger partial charge on any atom is -0.343 e. The molecule has 1 aromatic rings. The molecule has 2 heterocycles. The van der Waals surface area contributed by atoms with Gasteiger partial charge in [-0.1, -0.05) is 12.1 Å². The highest BCUT2D eigenvalue weighted by Crippen LogP contribution is 2.22. The number of piperazine rings is 1. The second kappa shape index (κ2) is 5.88. The first-order valence-corrected chi connectivity index (χ1v) is 7.49. The van der Waals surface area contributed by atoms with Gasteiger partial charge in [0.2, 0.25) is 5.91 Å². The summed E-state index contributed by atoms with van der Waals surface area (Å²) in [5, 5.41) is 0. The van der Waals surface area contributed by atoms with Crippen molar-refractivity contribution < 1.29 is 14.4 Å². The molecule has 0 aromatic heterocycles. The molecular weight excluding hydrogens is 282 g/mol. The molecule has 116 valence electrons. The molecule has 0 bridgehead atoms. The van der Waals surface area contributed by atoms with E-state index >= 15 is 0 Å². The van der Waals surface area contributed by atoms with Crippen LogP contribution in [0.3, 0.4) is 0 Å². The van der Waals surface area contributed by atoms with Crippen molar-refractivity contribution in [3.63, 3.8) is 0 Å². The minimum atomic E-state index is -0.213. The molecule has 0 unspecified atom stereocenters. The van der Waals surface area contributed by atoms with E-state index in [1.165, 1.54) is 4.90 Å². The average Bonchev–Trinajstić information content (AvgIpc) is 2.76. The van der Waals surface area contributed by atoms with Gasteiger partial charge in [-0.25, -0.2) is 0 Å². The lowest BCUT2D eigenvalue weighted by Crippen LogP contribution is -2.49. The second-order valence-corrected chi connectivity index (χ2v) is 5.75. The predicted octanol–water partition coefficient (Wildman–Crippen LogP) is 0.447. The quantitative estimate of drug-likeness (QED) is 0.758. The van der Waals surface area contributed by atoms with Crippen LogP contribution in [0.2, 0.25) is 0 Å². The molecule has 1 aromatic carbocycles. The topological polar surface area (TPSA) is 60.9 Å². The normalized spacial score (nSPS) is 19.0. The monoisotopic (exact) mass is 301 g/mol. The maximum atomic E-state index is 12.2. The van der Waals surface area contributed by atoms with E-state index in [0.29, 0.717) is 37.2 Å². The Morgan fingerprint density at radius 1 is 0.955 bits per heavy atom. The molecule has 3 amide bonds. The molecule has 2 aliphatic rings. The van der Waals surface area contributed by atoms with Crippen LogP contribution >= 0.6 is 0 Å². The fraction of sp³-hybridized carbons (Fsp3) is 0.438. The number of rotatable bonds is 4. The number of hydrogen-bond donors (Lipinski definition) is 0. The summed E-state index contributed by atoms with van der Waals surface area (Å²) in [7, 11) is 1.80. The Hall–Kier alpha value is -2.21. The summed E-state index contributed by atoms with van der Waals surface area (Å²) in [6, 6.07) is 6.91. The fourth-order valence-corrected chi connectivity index (χ4v) is 2.89. The van der Waals surface area contributed by atoms with E-state index in [2.05, 4.69) is 4.90 Å². The Labute approximate surface area is 129 Å². The first kappa shape index (κ1) is 14.7. The Bertz CT molecular complexity index is 594. The maximum Gasteiger partial charge on any atom is 0.261 e. The largest absolute Gasteiger partial charge is 0.343 e. The van der Waals surface area contributed by atoms with Crippen LogP contribution in [-0.2, 0) is 4.79 Å². The standard InChI is InChI=1S/C16H19N3O3/c1-17-9-10-18(11-14(17)20)7-4-8-19-15(21)12-5-2-3-6-13(12)16(19)22/h2-3,5-6H,4,7-11H2,1H3. The number of fused-ring (bicyclic) bond motifs is 1. The first-order valence-electron chi connectivity index (χ1n) is 7.49. The molecule has 1 fully saturated rings. The van der Waals surface area contributed by atoms with E-state index in [1.807, 2.05) is 0 Å². The molecule has 22 heavy (non-hydrogen) atoms. The van der Waals surface area contributed by atoms with Crippen molar-refractivity contribution in [3.05, 3.63) is 35.4 Å². The minimum absolute atomic E-state index is 0.118. The highest BCUT2D eigenvalue weighted by Gasteiger charge is 2.34. The molecule has 2 aliphatic heterocycles. The van der Waals surface area contributed by atoms with Crippen molar-refractivity contribution >= 4 is 17.7 Å². The highest BCUT2D eigenvalue weighted by atomic mass is 16.2. The SMILES string of the molecule is CN1CCN(CCCN2C(=O)c3ccccc3C2=O)CC1=O. The van der Waals surface area contributed by atoms with Crippen LogP contribution in [0.5, 0.6) is 0 Å². The Balaban J connectivity index is 1.54. The Kier molecular flexibility index (Phi) is 3.94. The van der Waals surface area contributed by atoms with Crippen molar-refractivity contribution in [1.29, 1.82) is 0 Å². The molecule has 0 spiro atoms. The predicted molar refractivity (Wildman–Crippen MR) is 80.5 cm³/mol. The number of carbonyl (C=O) groups is 3. The lowest BCUT2D eigenvalue weighted by atomic mass is 10.1. The summed E-state index contributed by atoms with van der Waals surface area (Å²) in [5.41, 5.74) is 0.976. The van der Waals surface area contributed by atoms with Crippen molar-refractivity contribution in [1.82, 2.24) is 14.7 Å². The van der Waals surface area contributed by atoms with Crippen LogP contribution in [0.4, 0.5) is 0 Å². The number of likely N-dealkylation sites (N-methyl/N-ethyl adjacent to an activating group) is 1. The number of imide groups is 1. The first-order chi connectivity index (χ1) is 10.6. The van der Waals surface area contributed by atoms with Gasteiger partial charge < -0.3 is 4.90 Å². The number of amides is 3. The third kappa shape index (κ3) is 2.62. The Morgan fingerprint density at radius 3 is 2.18 bits per heavy atom. The highest BCUT2D eigenvalue weighted by molar-refractivity contribution is 6.21. The number of nitrogens with zero attached hydrogens (tertiary/aromatic N) is 3. The number of hydrogen-bond acceptors (Lipinski definition) is 4. The number of benzene rings is 1. The van der Waals surface area contributed by atoms with E-state index in [9.17, 15) is 14.4 Å². The maximum absolute atomic E-state index is 12.2. The zero-order valence-corrected chi connectivity index (χ0v) is 12.6. The third-order valence-electron chi connectivity index (χ3n) is 4.27. The lowest BCUT2D eigenvalue weighted by molar-refractivity contribution is -0.134. The van der Waals surface area contributed by atoms with E-state index < -0.39 is 0 Å². The summed E-state index contributed by atoms with van der Waals surface area (Å²) in [4.78, 5) is 41.2. The lowest BCUT2D eigenvalue weighted by Gasteiger charge is -2.32. The summed E-state index contributed by atoms with van der Waals surface area (Å²) < 4.78 is 0. The van der Waals surface area contributed by atoms with Crippen molar-refractivity contribution in [2.24, 2.45) is 0 Å². The van der Waals surface area contributed by atoms with Crippen LogP contribution in [0.1, 0.15) is 27.1 Å². The molecule has 0 N–H and O–H groups in total. The molecule has 3 rings (SSSR count). The van der Waals surface area contributed by atoms with Gasteiger partial charge in [0.25, 0.3) is 11.8 Å². The molecule has 0 aliphatic carbocycles. The molecule has 0 radical (unpaired) electrons. The molecular formula is C16H19N3O3. The van der Waals surface area contributed by atoms with Gasteiger partial charge in [0.15, 0.2) is 0 Å². The second-order valence-electron chi connectivity index (χ2n) is 5.75. The van der Waals surface area contributed by atoms with Crippen LogP contribution in [0, 0.1) is 0 Å².